The van der Waals surface area contributed by atoms with Crippen LogP contribution in [0, 0.1) is 5.92 Å². The number of carbonyl (C=O) groups excluding carboxylic acids is 2. The Kier molecular flexibility index (Phi) is 5.98. The van der Waals surface area contributed by atoms with E-state index in [4.69, 9.17) is 0 Å². The first-order valence-corrected chi connectivity index (χ1v) is 5.13. The van der Waals surface area contributed by atoms with Gasteiger partial charge in [-0.15, -0.1) is 0 Å². The minimum Gasteiger partial charge on any atom is -0.469 e. The van der Waals surface area contributed by atoms with Crippen molar-refractivity contribution in [3.63, 3.8) is 0 Å². The second kappa shape index (κ2) is 6.46. The molecule has 100 valence electrons. The van der Waals surface area contributed by atoms with Gasteiger partial charge in [-0.25, -0.2) is 0 Å². The largest absolute Gasteiger partial charge is 0.471 e. The fourth-order valence-corrected chi connectivity index (χ4v) is 1.20. The molecule has 7 heteroatoms. The summed E-state index contributed by atoms with van der Waals surface area (Å²) >= 11 is 0. The molecular weight excluding hydrogens is 239 g/mol. The molecule has 0 saturated heterocycles. The van der Waals surface area contributed by atoms with E-state index in [1.54, 1.807) is 13.8 Å². The summed E-state index contributed by atoms with van der Waals surface area (Å²) in [6.45, 7) is 3.33. The molecule has 0 aromatic rings. The highest BCUT2D eigenvalue weighted by Crippen LogP contribution is 2.17. The summed E-state index contributed by atoms with van der Waals surface area (Å²) in [4.78, 5) is 21.6. The number of hydrogen-bond donors (Lipinski definition) is 1. The lowest BCUT2D eigenvalue weighted by molar-refractivity contribution is -0.174. The summed E-state index contributed by atoms with van der Waals surface area (Å²) in [5, 5.41) is 1.86. The fraction of sp³-hybridized carbons (Fsp3) is 0.800. The Morgan fingerprint density at radius 1 is 1.29 bits per heavy atom. The highest BCUT2D eigenvalue weighted by molar-refractivity contribution is 5.82. The maximum atomic E-state index is 12.0. The van der Waals surface area contributed by atoms with E-state index in [0.29, 0.717) is 0 Å². The minimum absolute atomic E-state index is 0.0303. The molecule has 0 fully saturated rings. The smallest absolute Gasteiger partial charge is 0.469 e. The van der Waals surface area contributed by atoms with Crippen molar-refractivity contribution in [2.45, 2.75) is 38.9 Å². The molecule has 0 aliphatic carbocycles. The van der Waals surface area contributed by atoms with Gasteiger partial charge in [0.05, 0.1) is 7.11 Å². The first kappa shape index (κ1) is 15.7. The number of ether oxygens (including phenoxy) is 1. The van der Waals surface area contributed by atoms with Crippen molar-refractivity contribution in [1.29, 1.82) is 0 Å². The summed E-state index contributed by atoms with van der Waals surface area (Å²) in [6.07, 6.45) is -4.82. The second-order valence-corrected chi connectivity index (χ2v) is 3.94. The Morgan fingerprint density at radius 2 is 1.82 bits per heavy atom. The Hall–Kier alpha value is -1.27. The van der Waals surface area contributed by atoms with Crippen LogP contribution in [0.1, 0.15) is 26.7 Å². The van der Waals surface area contributed by atoms with Gasteiger partial charge in [-0.2, -0.15) is 13.2 Å². The molecule has 4 nitrogen and oxygen atoms in total. The number of carbonyl (C=O) groups is 2. The highest BCUT2D eigenvalue weighted by atomic mass is 19.4. The Labute approximate surface area is 97.5 Å². The molecule has 0 bridgehead atoms. The molecule has 0 aliphatic heterocycles. The van der Waals surface area contributed by atoms with Gasteiger partial charge in [-0.05, 0) is 12.3 Å². The predicted molar refractivity (Wildman–Crippen MR) is 54.1 cm³/mol. The van der Waals surface area contributed by atoms with Gasteiger partial charge in [-0.3, -0.25) is 9.59 Å². The van der Waals surface area contributed by atoms with Gasteiger partial charge in [0.25, 0.3) is 0 Å². The van der Waals surface area contributed by atoms with Gasteiger partial charge in [0.1, 0.15) is 0 Å². The third-order valence-electron chi connectivity index (χ3n) is 2.27. The Balaban J connectivity index is 4.35. The number of esters is 1. The van der Waals surface area contributed by atoms with Crippen LogP contribution < -0.4 is 5.32 Å². The summed E-state index contributed by atoms with van der Waals surface area (Å²) in [6, 6.07) is -0.705. The molecule has 17 heavy (non-hydrogen) atoms. The maximum Gasteiger partial charge on any atom is 0.471 e. The number of nitrogens with one attached hydrogen (secondary N) is 1. The molecule has 0 saturated carbocycles. The lowest BCUT2D eigenvalue weighted by atomic mass is 9.99. The Bertz CT molecular complexity index is 276. The van der Waals surface area contributed by atoms with Crippen LogP contribution in [0.15, 0.2) is 0 Å². The molecule has 1 N–H and O–H groups in total. The normalized spacial score (nSPS) is 13.4. The zero-order valence-corrected chi connectivity index (χ0v) is 9.93. The number of methoxy groups -OCH3 is 1. The van der Waals surface area contributed by atoms with E-state index in [-0.39, 0.29) is 18.8 Å². The molecule has 0 spiro atoms. The number of rotatable bonds is 5. The average Bonchev–Trinajstić information content (AvgIpc) is 2.21. The molecule has 0 aliphatic rings. The summed E-state index contributed by atoms with van der Waals surface area (Å²) in [5.41, 5.74) is 0. The van der Waals surface area contributed by atoms with Crippen LogP contribution >= 0.6 is 0 Å². The van der Waals surface area contributed by atoms with E-state index in [0.717, 1.165) is 0 Å². The Morgan fingerprint density at radius 3 is 2.18 bits per heavy atom. The third-order valence-corrected chi connectivity index (χ3v) is 2.27. The van der Waals surface area contributed by atoms with Gasteiger partial charge in [0, 0.05) is 12.5 Å². The van der Waals surface area contributed by atoms with Crippen LogP contribution in [-0.4, -0.2) is 31.2 Å². The number of halogens is 3. The van der Waals surface area contributed by atoms with Crippen molar-refractivity contribution in [2.75, 3.05) is 7.11 Å². The fourth-order valence-electron chi connectivity index (χ4n) is 1.20. The van der Waals surface area contributed by atoms with E-state index in [2.05, 4.69) is 4.74 Å². The maximum absolute atomic E-state index is 12.0. The number of alkyl halides is 3. The lowest BCUT2D eigenvalue weighted by Gasteiger charge is -2.22. The number of amides is 1. The lowest BCUT2D eigenvalue weighted by Crippen LogP contribution is -2.45. The second-order valence-electron chi connectivity index (χ2n) is 3.94. The molecule has 0 heterocycles. The van der Waals surface area contributed by atoms with Crippen molar-refractivity contribution >= 4 is 11.9 Å². The average molecular weight is 255 g/mol. The van der Waals surface area contributed by atoms with Gasteiger partial charge in [-0.1, -0.05) is 13.8 Å². The van der Waals surface area contributed by atoms with Gasteiger partial charge >= 0.3 is 18.1 Å². The topological polar surface area (TPSA) is 55.4 Å². The van der Waals surface area contributed by atoms with E-state index in [9.17, 15) is 22.8 Å². The van der Waals surface area contributed by atoms with Crippen LogP contribution in [0.25, 0.3) is 0 Å². The van der Waals surface area contributed by atoms with Crippen LogP contribution in [0.3, 0.4) is 0 Å². The van der Waals surface area contributed by atoms with E-state index in [1.165, 1.54) is 7.11 Å². The summed E-state index contributed by atoms with van der Waals surface area (Å²) < 4.78 is 40.5. The van der Waals surface area contributed by atoms with Crippen LogP contribution in [-0.2, 0) is 14.3 Å². The van der Waals surface area contributed by atoms with Crippen molar-refractivity contribution < 1.29 is 27.5 Å². The standard InChI is InChI=1S/C10H16F3NO3/c1-6(2)7(4-5-8(15)17-3)14-9(16)10(11,12)13/h6-7H,4-5H2,1-3H3,(H,14,16)/t7-/m0/s1. The molecule has 0 radical (unpaired) electrons. The van der Waals surface area contributed by atoms with Crippen molar-refractivity contribution in [1.82, 2.24) is 5.32 Å². The van der Waals surface area contributed by atoms with Crippen LogP contribution in [0.5, 0.6) is 0 Å². The summed E-state index contributed by atoms with van der Waals surface area (Å²) in [7, 11) is 1.20. The predicted octanol–water partition coefficient (Wildman–Crippen LogP) is 1.64. The quantitative estimate of drug-likeness (QED) is 0.760. The van der Waals surface area contributed by atoms with Crippen molar-refractivity contribution in [2.24, 2.45) is 5.92 Å². The van der Waals surface area contributed by atoms with Gasteiger partial charge in [0.15, 0.2) is 0 Å². The molecule has 1 amide bonds. The molecule has 0 rings (SSSR count). The van der Waals surface area contributed by atoms with E-state index >= 15 is 0 Å². The first-order chi connectivity index (χ1) is 7.68. The minimum atomic E-state index is -4.90. The van der Waals surface area contributed by atoms with Crippen molar-refractivity contribution in [3.05, 3.63) is 0 Å². The van der Waals surface area contributed by atoms with Gasteiger partial charge < -0.3 is 10.1 Å². The molecule has 0 aromatic carbocycles. The molecule has 0 aromatic heterocycles. The van der Waals surface area contributed by atoms with Crippen LogP contribution in [0.4, 0.5) is 13.2 Å². The monoisotopic (exact) mass is 255 g/mol. The SMILES string of the molecule is COC(=O)CC[C@H](NC(=O)C(F)(F)F)C(C)C. The summed E-state index contributed by atoms with van der Waals surface area (Å²) in [5.74, 6) is -2.70. The molecular formula is C10H16F3NO3. The first-order valence-electron chi connectivity index (χ1n) is 5.13. The zero-order valence-electron chi connectivity index (χ0n) is 9.93. The highest BCUT2D eigenvalue weighted by Gasteiger charge is 2.40. The van der Waals surface area contributed by atoms with E-state index < -0.39 is 24.1 Å². The van der Waals surface area contributed by atoms with Gasteiger partial charge in [0.2, 0.25) is 0 Å². The molecule has 1 atom stereocenters. The number of hydrogen-bond acceptors (Lipinski definition) is 3. The third kappa shape index (κ3) is 6.13. The van der Waals surface area contributed by atoms with Crippen LogP contribution in [0.2, 0.25) is 0 Å². The van der Waals surface area contributed by atoms with Crippen molar-refractivity contribution in [3.8, 4) is 0 Å². The molecule has 0 unspecified atom stereocenters. The van der Waals surface area contributed by atoms with E-state index in [1.807, 2.05) is 5.32 Å². The zero-order chi connectivity index (χ0) is 13.6.